The van der Waals surface area contributed by atoms with Crippen LogP contribution in [0.25, 0.3) is 16.6 Å². The van der Waals surface area contributed by atoms with Crippen molar-refractivity contribution in [1.82, 2.24) is 14.6 Å². The first kappa shape index (κ1) is 18.5. The van der Waals surface area contributed by atoms with Gasteiger partial charge in [-0.2, -0.15) is 0 Å². The molecule has 142 valence electrons. The minimum absolute atomic E-state index is 0.0456. The van der Waals surface area contributed by atoms with Crippen LogP contribution in [0.1, 0.15) is 23.6 Å². The van der Waals surface area contributed by atoms with E-state index in [0.29, 0.717) is 0 Å². The van der Waals surface area contributed by atoms with Gasteiger partial charge in [0.15, 0.2) is 10.8 Å². The van der Waals surface area contributed by atoms with Gasteiger partial charge in [-0.05, 0) is 60.5 Å². The lowest BCUT2D eigenvalue weighted by atomic mass is 10.1. The predicted octanol–water partition coefficient (Wildman–Crippen LogP) is 4.79. The van der Waals surface area contributed by atoms with Crippen molar-refractivity contribution in [2.24, 2.45) is 0 Å². The van der Waals surface area contributed by atoms with Crippen molar-refractivity contribution in [2.45, 2.75) is 32.3 Å². The molecule has 1 N–H and O–H groups in total. The number of aromatic nitrogens is 3. The van der Waals surface area contributed by atoms with Crippen molar-refractivity contribution in [3.63, 3.8) is 0 Å². The fourth-order valence-corrected chi connectivity index (χ4v) is 4.11. The number of pyridine rings is 1. The third-order valence-corrected chi connectivity index (χ3v) is 5.72. The Kier molecular flexibility index (Phi) is 5.05. The zero-order valence-electron chi connectivity index (χ0n) is 16.2. The Morgan fingerprint density at radius 3 is 2.75 bits per heavy atom. The minimum atomic E-state index is -0.0456. The van der Waals surface area contributed by atoms with Crippen molar-refractivity contribution in [3.8, 4) is 0 Å². The van der Waals surface area contributed by atoms with E-state index < -0.39 is 0 Å². The van der Waals surface area contributed by atoms with Gasteiger partial charge in [0.2, 0.25) is 5.91 Å². The zero-order chi connectivity index (χ0) is 19.7. The van der Waals surface area contributed by atoms with E-state index in [1.807, 2.05) is 31.2 Å². The second-order valence-electron chi connectivity index (χ2n) is 6.88. The topological polar surface area (TPSA) is 59.3 Å². The Morgan fingerprint density at radius 1 is 1.11 bits per heavy atom. The van der Waals surface area contributed by atoms with E-state index in [2.05, 4.69) is 58.0 Å². The van der Waals surface area contributed by atoms with Gasteiger partial charge < -0.3 is 5.32 Å². The number of para-hydroxylation sites is 1. The molecule has 0 radical (unpaired) electrons. The molecule has 2 aromatic carbocycles. The zero-order valence-corrected chi connectivity index (χ0v) is 17.0. The smallest absolute Gasteiger partial charge is 0.234 e. The van der Waals surface area contributed by atoms with E-state index in [-0.39, 0.29) is 11.7 Å². The highest BCUT2D eigenvalue weighted by Gasteiger charge is 2.14. The third kappa shape index (κ3) is 3.47. The van der Waals surface area contributed by atoms with Crippen LogP contribution in [0.4, 0.5) is 5.69 Å². The number of thioether (sulfide) groups is 1. The summed E-state index contributed by atoms with van der Waals surface area (Å²) in [6.45, 7) is 6.19. The van der Waals surface area contributed by atoms with E-state index >= 15 is 0 Å². The van der Waals surface area contributed by atoms with Crippen LogP contribution in [0.15, 0.2) is 53.7 Å². The van der Waals surface area contributed by atoms with Gasteiger partial charge in [0, 0.05) is 5.69 Å². The van der Waals surface area contributed by atoms with E-state index in [4.69, 9.17) is 0 Å². The molecule has 0 saturated heterocycles. The maximum absolute atomic E-state index is 12.5. The maximum atomic E-state index is 12.5. The van der Waals surface area contributed by atoms with Crippen LogP contribution in [0.5, 0.6) is 0 Å². The molecule has 0 aliphatic heterocycles. The lowest BCUT2D eigenvalue weighted by Gasteiger charge is -2.10. The number of nitrogens with zero attached hydrogens (tertiary/aromatic N) is 3. The largest absolute Gasteiger partial charge is 0.325 e. The number of hydrogen-bond acceptors (Lipinski definition) is 4. The van der Waals surface area contributed by atoms with Gasteiger partial charge in [0.1, 0.15) is 0 Å². The van der Waals surface area contributed by atoms with Crippen molar-refractivity contribution in [2.75, 3.05) is 11.1 Å². The summed E-state index contributed by atoms with van der Waals surface area (Å²) in [7, 11) is 0. The summed E-state index contributed by atoms with van der Waals surface area (Å²) in [6.07, 6.45) is 0.878. The molecule has 0 unspecified atom stereocenters. The second-order valence-corrected chi connectivity index (χ2v) is 7.82. The molecule has 0 spiro atoms. The van der Waals surface area contributed by atoms with Crippen molar-refractivity contribution in [1.29, 1.82) is 0 Å². The van der Waals surface area contributed by atoms with Crippen LogP contribution in [0, 0.1) is 13.8 Å². The number of amides is 1. The summed E-state index contributed by atoms with van der Waals surface area (Å²) in [4.78, 5) is 12.5. The lowest BCUT2D eigenvalue weighted by molar-refractivity contribution is -0.113. The Bertz CT molecular complexity index is 1180. The number of anilines is 1. The number of hydrogen-bond donors (Lipinski definition) is 1. The molecule has 0 bridgehead atoms. The van der Waals surface area contributed by atoms with Crippen LogP contribution in [-0.4, -0.2) is 26.3 Å². The van der Waals surface area contributed by atoms with E-state index in [9.17, 15) is 4.79 Å². The van der Waals surface area contributed by atoms with Gasteiger partial charge in [-0.25, -0.2) is 0 Å². The quantitative estimate of drug-likeness (QED) is 0.498. The van der Waals surface area contributed by atoms with Crippen molar-refractivity contribution >= 4 is 39.9 Å². The number of fused-ring (bicyclic) bond motifs is 3. The number of rotatable bonds is 5. The van der Waals surface area contributed by atoms with Crippen LogP contribution in [0.3, 0.4) is 0 Å². The standard InChI is InChI=1S/C22H22N4OS/c1-4-16-7-5-6-8-18(16)23-20(27)13-28-22-25-24-21-15(3)12-17-10-9-14(2)11-19(17)26(21)22/h5-12H,4,13H2,1-3H3,(H,23,27). The molecule has 0 saturated carbocycles. The summed E-state index contributed by atoms with van der Waals surface area (Å²) in [6, 6.07) is 16.4. The van der Waals surface area contributed by atoms with Crippen molar-refractivity contribution < 1.29 is 4.79 Å². The molecule has 4 rings (SSSR count). The summed E-state index contributed by atoms with van der Waals surface area (Å²) in [5, 5.41) is 13.6. The van der Waals surface area contributed by atoms with Crippen LogP contribution in [-0.2, 0) is 11.2 Å². The highest BCUT2D eigenvalue weighted by molar-refractivity contribution is 7.99. The average Bonchev–Trinajstić information content (AvgIpc) is 3.12. The Labute approximate surface area is 168 Å². The van der Waals surface area contributed by atoms with Gasteiger partial charge in [-0.1, -0.05) is 49.0 Å². The molecule has 28 heavy (non-hydrogen) atoms. The van der Waals surface area contributed by atoms with Gasteiger partial charge in [0.05, 0.1) is 11.3 Å². The molecule has 0 aliphatic rings. The van der Waals surface area contributed by atoms with Gasteiger partial charge >= 0.3 is 0 Å². The second kappa shape index (κ2) is 7.64. The first-order valence-electron chi connectivity index (χ1n) is 9.32. The van der Waals surface area contributed by atoms with Gasteiger partial charge in [0.25, 0.3) is 0 Å². The fraction of sp³-hybridized carbons (Fsp3) is 0.227. The highest BCUT2D eigenvalue weighted by Crippen LogP contribution is 2.26. The SMILES string of the molecule is CCc1ccccc1NC(=O)CSc1nnc2c(C)cc3ccc(C)cc3n12. The van der Waals surface area contributed by atoms with E-state index in [1.54, 1.807) is 0 Å². The third-order valence-electron chi connectivity index (χ3n) is 4.79. The maximum Gasteiger partial charge on any atom is 0.234 e. The van der Waals surface area contributed by atoms with Crippen LogP contribution in [0.2, 0.25) is 0 Å². The minimum Gasteiger partial charge on any atom is -0.325 e. The monoisotopic (exact) mass is 390 g/mol. The number of nitrogens with one attached hydrogen (secondary N) is 1. The number of carbonyl (C=O) groups is 1. The Morgan fingerprint density at radius 2 is 1.93 bits per heavy atom. The molecular weight excluding hydrogens is 368 g/mol. The average molecular weight is 391 g/mol. The number of benzene rings is 2. The summed E-state index contributed by atoms with van der Waals surface area (Å²) in [5.41, 5.74) is 6.14. The molecule has 5 nitrogen and oxygen atoms in total. The van der Waals surface area contributed by atoms with Crippen molar-refractivity contribution in [3.05, 3.63) is 65.2 Å². The first-order valence-corrected chi connectivity index (χ1v) is 10.3. The van der Waals surface area contributed by atoms with E-state index in [1.165, 1.54) is 17.3 Å². The molecule has 2 aromatic heterocycles. The highest BCUT2D eigenvalue weighted by atomic mass is 32.2. The number of carbonyl (C=O) groups excluding carboxylic acids is 1. The predicted molar refractivity (Wildman–Crippen MR) is 115 cm³/mol. The summed E-state index contributed by atoms with van der Waals surface area (Å²) in [5.74, 6) is 0.232. The summed E-state index contributed by atoms with van der Waals surface area (Å²) < 4.78 is 2.05. The molecule has 0 atom stereocenters. The molecule has 6 heteroatoms. The van der Waals surface area contributed by atoms with Gasteiger partial charge in [-0.15, -0.1) is 10.2 Å². The first-order chi connectivity index (χ1) is 13.6. The number of aryl methyl sites for hydroxylation is 3. The normalized spacial score (nSPS) is 11.2. The molecule has 2 heterocycles. The lowest BCUT2D eigenvalue weighted by Crippen LogP contribution is -2.15. The summed E-state index contributed by atoms with van der Waals surface area (Å²) >= 11 is 1.40. The molecule has 4 aromatic rings. The van der Waals surface area contributed by atoms with Gasteiger partial charge in [-0.3, -0.25) is 9.20 Å². The molecular formula is C22H22N4OS. The fourth-order valence-electron chi connectivity index (χ4n) is 3.37. The van der Waals surface area contributed by atoms with Crippen LogP contribution < -0.4 is 5.32 Å². The molecule has 1 amide bonds. The molecule has 0 fully saturated rings. The van der Waals surface area contributed by atoms with E-state index in [0.717, 1.165) is 44.9 Å². The molecule has 0 aliphatic carbocycles. The Hall–Kier alpha value is -2.86. The van der Waals surface area contributed by atoms with Crippen LogP contribution >= 0.6 is 11.8 Å². The Balaban J connectivity index is 1.61.